The molecule has 110 valence electrons. The highest BCUT2D eigenvalue weighted by molar-refractivity contribution is 7.85. The summed E-state index contributed by atoms with van der Waals surface area (Å²) in [6.45, 7) is 0. The maximum atomic E-state index is 12.5. The van der Waals surface area contributed by atoms with Crippen molar-refractivity contribution in [3.8, 4) is 0 Å². The summed E-state index contributed by atoms with van der Waals surface area (Å²) in [4.78, 5) is 20.1. The van der Waals surface area contributed by atoms with E-state index in [-0.39, 0.29) is 6.07 Å². The molecule has 0 saturated carbocycles. The molecule has 6 nitrogen and oxygen atoms in total. The summed E-state index contributed by atoms with van der Waals surface area (Å²) in [6.07, 6.45) is -4.76. The van der Waals surface area contributed by atoms with Gasteiger partial charge in [-0.15, -0.1) is 0 Å². The lowest BCUT2D eigenvalue weighted by molar-refractivity contribution is -0.388. The zero-order valence-electron chi connectivity index (χ0n) is 9.97. The Balaban J connectivity index is 3.24. The van der Waals surface area contributed by atoms with Gasteiger partial charge in [0.1, 0.15) is 10.6 Å². The van der Waals surface area contributed by atoms with E-state index in [2.05, 4.69) is 4.74 Å². The number of methoxy groups -OCH3 is 1. The SMILES string of the molecule is COC(=O)C[S@@](=O)c1ccc(C(F)(F)F)cc1[N+](=O)[O-]. The molecule has 1 atom stereocenters. The number of benzene rings is 1. The number of hydrogen-bond acceptors (Lipinski definition) is 5. The van der Waals surface area contributed by atoms with E-state index in [0.717, 1.165) is 13.2 Å². The third-order valence-corrected chi connectivity index (χ3v) is 3.54. The van der Waals surface area contributed by atoms with Crippen molar-refractivity contribution in [2.75, 3.05) is 12.9 Å². The van der Waals surface area contributed by atoms with Crippen LogP contribution in [0.2, 0.25) is 0 Å². The van der Waals surface area contributed by atoms with E-state index < -0.39 is 49.8 Å². The molecule has 0 amide bonds. The summed E-state index contributed by atoms with van der Waals surface area (Å²) < 4.78 is 53.3. The highest BCUT2D eigenvalue weighted by atomic mass is 32.2. The second-order valence-corrected chi connectivity index (χ2v) is 4.92. The second kappa shape index (κ2) is 5.99. The number of rotatable bonds is 4. The van der Waals surface area contributed by atoms with Gasteiger partial charge in [-0.1, -0.05) is 0 Å². The second-order valence-electron chi connectivity index (χ2n) is 3.50. The molecule has 0 N–H and O–H groups in total. The molecule has 1 aromatic carbocycles. The van der Waals surface area contributed by atoms with E-state index >= 15 is 0 Å². The predicted octanol–water partition coefficient (Wildman–Crippen LogP) is 1.89. The molecule has 10 heteroatoms. The zero-order chi connectivity index (χ0) is 15.5. The van der Waals surface area contributed by atoms with E-state index in [9.17, 15) is 32.3 Å². The Morgan fingerprint density at radius 2 is 2.05 bits per heavy atom. The predicted molar refractivity (Wildman–Crippen MR) is 61.4 cm³/mol. The van der Waals surface area contributed by atoms with Crippen LogP contribution in [0, 0.1) is 10.1 Å². The average Bonchev–Trinajstić information content (AvgIpc) is 2.36. The van der Waals surface area contributed by atoms with Crippen LogP contribution >= 0.6 is 0 Å². The molecule has 0 spiro atoms. The number of nitrogens with zero attached hydrogens (tertiary/aromatic N) is 1. The van der Waals surface area contributed by atoms with Gasteiger partial charge in [0.15, 0.2) is 0 Å². The van der Waals surface area contributed by atoms with Crippen LogP contribution in [-0.4, -0.2) is 28.0 Å². The van der Waals surface area contributed by atoms with Crippen LogP contribution in [0.15, 0.2) is 23.1 Å². The molecule has 0 heterocycles. The number of nitro groups is 1. The highest BCUT2D eigenvalue weighted by Crippen LogP contribution is 2.34. The Hall–Kier alpha value is -1.97. The molecule has 20 heavy (non-hydrogen) atoms. The summed E-state index contributed by atoms with van der Waals surface area (Å²) >= 11 is 0. The van der Waals surface area contributed by atoms with Crippen LogP contribution in [0.1, 0.15) is 5.56 Å². The Kier molecular flexibility index (Phi) is 4.82. The zero-order valence-corrected chi connectivity index (χ0v) is 10.8. The van der Waals surface area contributed by atoms with Gasteiger partial charge in [0.05, 0.1) is 28.4 Å². The van der Waals surface area contributed by atoms with Crippen molar-refractivity contribution in [1.29, 1.82) is 0 Å². The summed E-state index contributed by atoms with van der Waals surface area (Å²) in [5, 5.41) is 10.7. The number of hydrogen-bond donors (Lipinski definition) is 0. The number of ether oxygens (including phenoxy) is 1. The fraction of sp³-hybridized carbons (Fsp3) is 0.300. The molecule has 0 aliphatic rings. The molecule has 0 saturated heterocycles. The molecular weight excluding hydrogens is 303 g/mol. The van der Waals surface area contributed by atoms with Crippen molar-refractivity contribution in [2.45, 2.75) is 11.1 Å². The molecule has 0 unspecified atom stereocenters. The number of esters is 1. The van der Waals surface area contributed by atoms with Gasteiger partial charge >= 0.3 is 12.1 Å². The van der Waals surface area contributed by atoms with E-state index in [1.54, 1.807) is 0 Å². The Labute approximate surface area is 113 Å². The Morgan fingerprint density at radius 3 is 2.50 bits per heavy atom. The maximum Gasteiger partial charge on any atom is 0.416 e. The molecule has 0 aliphatic carbocycles. The van der Waals surface area contributed by atoms with Crippen LogP contribution in [-0.2, 0) is 26.5 Å². The number of halogens is 3. The first kappa shape index (κ1) is 16.1. The van der Waals surface area contributed by atoms with Gasteiger partial charge in [-0.25, -0.2) is 0 Å². The molecule has 0 radical (unpaired) electrons. The average molecular weight is 311 g/mol. The van der Waals surface area contributed by atoms with Crippen LogP contribution < -0.4 is 0 Å². The third-order valence-electron chi connectivity index (χ3n) is 2.20. The lowest BCUT2D eigenvalue weighted by Gasteiger charge is -2.08. The molecule has 0 aromatic heterocycles. The fourth-order valence-electron chi connectivity index (χ4n) is 1.27. The lowest BCUT2D eigenvalue weighted by Crippen LogP contribution is -2.14. The first-order valence-electron chi connectivity index (χ1n) is 4.97. The van der Waals surface area contributed by atoms with E-state index in [0.29, 0.717) is 6.07 Å². The van der Waals surface area contributed by atoms with E-state index in [1.165, 1.54) is 0 Å². The van der Waals surface area contributed by atoms with Crippen LogP contribution in [0.5, 0.6) is 0 Å². The van der Waals surface area contributed by atoms with E-state index in [1.807, 2.05) is 0 Å². The first-order chi connectivity index (χ1) is 9.16. The minimum Gasteiger partial charge on any atom is -0.468 e. The van der Waals surface area contributed by atoms with Crippen molar-refractivity contribution >= 4 is 22.5 Å². The normalized spacial score (nSPS) is 12.8. The summed E-state index contributed by atoms with van der Waals surface area (Å²) in [7, 11) is -1.14. The molecule has 0 aliphatic heterocycles. The quantitative estimate of drug-likeness (QED) is 0.481. The Morgan fingerprint density at radius 1 is 1.45 bits per heavy atom. The van der Waals surface area contributed by atoms with Crippen molar-refractivity contribution in [3.63, 3.8) is 0 Å². The fourth-order valence-corrected chi connectivity index (χ4v) is 2.35. The summed E-state index contributed by atoms with van der Waals surface area (Å²) in [5.41, 5.74) is -2.19. The minimum absolute atomic E-state index is 0.282. The topological polar surface area (TPSA) is 86.5 Å². The van der Waals surface area contributed by atoms with E-state index in [4.69, 9.17) is 0 Å². The van der Waals surface area contributed by atoms with Crippen molar-refractivity contribution in [2.24, 2.45) is 0 Å². The number of carbonyl (C=O) groups is 1. The van der Waals surface area contributed by atoms with Crippen molar-refractivity contribution in [1.82, 2.24) is 0 Å². The largest absolute Gasteiger partial charge is 0.468 e. The van der Waals surface area contributed by atoms with Gasteiger partial charge in [0.2, 0.25) is 0 Å². The molecule has 1 aromatic rings. The third kappa shape index (κ3) is 3.76. The monoisotopic (exact) mass is 311 g/mol. The summed E-state index contributed by atoms with van der Waals surface area (Å²) in [5.74, 6) is -1.57. The van der Waals surface area contributed by atoms with Gasteiger partial charge in [0, 0.05) is 6.07 Å². The summed E-state index contributed by atoms with van der Waals surface area (Å²) in [6, 6.07) is 1.57. The minimum atomic E-state index is -4.76. The molecular formula is C10H8F3NO5S. The number of nitro benzene ring substituents is 1. The molecule has 0 fully saturated rings. The van der Waals surface area contributed by atoms with Crippen molar-refractivity contribution in [3.05, 3.63) is 33.9 Å². The van der Waals surface area contributed by atoms with Gasteiger partial charge < -0.3 is 4.74 Å². The Bertz CT molecular complexity index is 573. The van der Waals surface area contributed by atoms with Gasteiger partial charge in [-0.2, -0.15) is 13.2 Å². The van der Waals surface area contributed by atoms with Gasteiger partial charge in [-0.05, 0) is 12.1 Å². The molecule has 0 bridgehead atoms. The number of carbonyl (C=O) groups excluding carboxylic acids is 1. The van der Waals surface area contributed by atoms with Crippen LogP contribution in [0.25, 0.3) is 0 Å². The lowest BCUT2D eigenvalue weighted by atomic mass is 10.2. The van der Waals surface area contributed by atoms with Crippen LogP contribution in [0.4, 0.5) is 18.9 Å². The van der Waals surface area contributed by atoms with Crippen molar-refractivity contribution < 1.29 is 31.8 Å². The standard InChI is InChI=1S/C10H8F3NO5S/c1-19-9(15)5-20(18)8-3-2-6(10(11,12)13)4-7(8)14(16)17/h2-4H,5H2,1H3/t20-/m1/s1. The first-order valence-corrected chi connectivity index (χ1v) is 6.29. The van der Waals surface area contributed by atoms with Gasteiger partial charge in [-0.3, -0.25) is 19.1 Å². The maximum absolute atomic E-state index is 12.5. The van der Waals surface area contributed by atoms with Gasteiger partial charge in [0.25, 0.3) is 5.69 Å². The van der Waals surface area contributed by atoms with Crippen LogP contribution in [0.3, 0.4) is 0 Å². The molecule has 1 rings (SSSR count). The highest BCUT2D eigenvalue weighted by Gasteiger charge is 2.34. The smallest absolute Gasteiger partial charge is 0.416 e. The number of alkyl halides is 3.